The first kappa shape index (κ1) is 16.4. The van der Waals surface area contributed by atoms with E-state index in [1.807, 2.05) is 0 Å². The molecule has 4 nitrogen and oxygen atoms in total. The predicted octanol–water partition coefficient (Wildman–Crippen LogP) is 1.57. The average molecular weight is 269 g/mol. The Hall–Kier alpha value is -0.610. The summed E-state index contributed by atoms with van der Waals surface area (Å²) in [5, 5.41) is 3.38. The van der Waals surface area contributed by atoms with Gasteiger partial charge in [-0.2, -0.15) is 0 Å². The standard InChI is InChI=1S/C15H31N3O/c1-5-8-15(9-10-16-13-15)14(19)18(6-2)12-7-11-17(3)4/h16H,5-13H2,1-4H3. The zero-order chi connectivity index (χ0) is 14.3. The van der Waals surface area contributed by atoms with Crippen molar-refractivity contribution in [1.29, 1.82) is 0 Å². The van der Waals surface area contributed by atoms with Crippen LogP contribution in [0.15, 0.2) is 0 Å². The third-order valence-electron chi connectivity index (χ3n) is 4.13. The molecule has 0 aliphatic carbocycles. The lowest BCUT2D eigenvalue weighted by atomic mass is 9.81. The SMILES string of the molecule is CCCC1(C(=O)N(CC)CCCN(C)C)CCNC1. The molecule has 0 aromatic carbocycles. The molecule has 1 atom stereocenters. The molecule has 0 saturated carbocycles. The van der Waals surface area contributed by atoms with Crippen LogP contribution < -0.4 is 5.32 Å². The molecule has 1 unspecified atom stereocenters. The second-order valence-corrected chi connectivity index (χ2v) is 6.00. The topological polar surface area (TPSA) is 35.6 Å². The summed E-state index contributed by atoms with van der Waals surface area (Å²) in [6.07, 6.45) is 4.16. The van der Waals surface area contributed by atoms with Crippen LogP contribution in [0.1, 0.15) is 39.5 Å². The van der Waals surface area contributed by atoms with Crippen LogP contribution in [0.5, 0.6) is 0 Å². The van der Waals surface area contributed by atoms with E-state index >= 15 is 0 Å². The minimum Gasteiger partial charge on any atom is -0.342 e. The molecule has 1 rings (SSSR count). The Balaban J connectivity index is 2.59. The maximum Gasteiger partial charge on any atom is 0.230 e. The minimum absolute atomic E-state index is 0.122. The maximum absolute atomic E-state index is 12.8. The summed E-state index contributed by atoms with van der Waals surface area (Å²) in [6, 6.07) is 0. The van der Waals surface area contributed by atoms with E-state index in [2.05, 4.69) is 43.1 Å². The van der Waals surface area contributed by atoms with Gasteiger partial charge < -0.3 is 15.1 Å². The van der Waals surface area contributed by atoms with Crippen molar-refractivity contribution in [2.24, 2.45) is 5.41 Å². The molecule has 1 heterocycles. The Morgan fingerprint density at radius 3 is 2.47 bits per heavy atom. The van der Waals surface area contributed by atoms with Crippen LogP contribution in [-0.2, 0) is 4.79 Å². The number of hydrogen-bond donors (Lipinski definition) is 1. The van der Waals surface area contributed by atoms with E-state index in [-0.39, 0.29) is 5.41 Å². The summed E-state index contributed by atoms with van der Waals surface area (Å²) in [5.41, 5.74) is -0.122. The van der Waals surface area contributed by atoms with Crippen molar-refractivity contribution in [3.8, 4) is 0 Å². The smallest absolute Gasteiger partial charge is 0.230 e. The highest BCUT2D eigenvalue weighted by Gasteiger charge is 2.42. The van der Waals surface area contributed by atoms with Crippen molar-refractivity contribution in [2.45, 2.75) is 39.5 Å². The molecular formula is C15H31N3O. The van der Waals surface area contributed by atoms with Gasteiger partial charge in [0.05, 0.1) is 5.41 Å². The number of hydrogen-bond acceptors (Lipinski definition) is 3. The number of nitrogens with zero attached hydrogens (tertiary/aromatic N) is 2. The van der Waals surface area contributed by atoms with Gasteiger partial charge in [-0.1, -0.05) is 13.3 Å². The summed E-state index contributed by atoms with van der Waals surface area (Å²) in [6.45, 7) is 8.88. The molecule has 4 heteroatoms. The first-order chi connectivity index (χ1) is 9.05. The Morgan fingerprint density at radius 2 is 2.00 bits per heavy atom. The van der Waals surface area contributed by atoms with Crippen molar-refractivity contribution in [1.82, 2.24) is 15.1 Å². The minimum atomic E-state index is -0.122. The lowest BCUT2D eigenvalue weighted by Gasteiger charge is -2.33. The summed E-state index contributed by atoms with van der Waals surface area (Å²) >= 11 is 0. The fraction of sp³-hybridized carbons (Fsp3) is 0.933. The molecular weight excluding hydrogens is 238 g/mol. The predicted molar refractivity (Wildman–Crippen MR) is 80.3 cm³/mol. The molecule has 0 radical (unpaired) electrons. The average Bonchev–Trinajstić information content (AvgIpc) is 2.84. The van der Waals surface area contributed by atoms with Gasteiger partial charge in [0.15, 0.2) is 0 Å². The third kappa shape index (κ3) is 4.46. The summed E-state index contributed by atoms with van der Waals surface area (Å²) in [4.78, 5) is 17.1. The van der Waals surface area contributed by atoms with Gasteiger partial charge in [0.2, 0.25) is 5.91 Å². The van der Waals surface area contributed by atoms with E-state index in [0.29, 0.717) is 5.91 Å². The van der Waals surface area contributed by atoms with Crippen molar-refractivity contribution >= 4 is 5.91 Å². The van der Waals surface area contributed by atoms with Crippen molar-refractivity contribution in [3.05, 3.63) is 0 Å². The highest BCUT2D eigenvalue weighted by atomic mass is 16.2. The molecule has 1 N–H and O–H groups in total. The first-order valence-electron chi connectivity index (χ1n) is 7.70. The van der Waals surface area contributed by atoms with E-state index < -0.39 is 0 Å². The number of amides is 1. The Kier molecular flexibility index (Phi) is 6.80. The van der Waals surface area contributed by atoms with Crippen LogP contribution in [0.3, 0.4) is 0 Å². The van der Waals surface area contributed by atoms with Gasteiger partial charge in [-0.3, -0.25) is 4.79 Å². The van der Waals surface area contributed by atoms with Crippen LogP contribution in [0, 0.1) is 5.41 Å². The quantitative estimate of drug-likeness (QED) is 0.726. The third-order valence-corrected chi connectivity index (χ3v) is 4.13. The van der Waals surface area contributed by atoms with Crippen LogP contribution in [0.25, 0.3) is 0 Å². The monoisotopic (exact) mass is 269 g/mol. The van der Waals surface area contributed by atoms with Crippen LogP contribution in [0.2, 0.25) is 0 Å². The highest BCUT2D eigenvalue weighted by Crippen LogP contribution is 2.33. The summed E-state index contributed by atoms with van der Waals surface area (Å²) < 4.78 is 0. The van der Waals surface area contributed by atoms with Gasteiger partial charge >= 0.3 is 0 Å². The summed E-state index contributed by atoms with van der Waals surface area (Å²) in [5.74, 6) is 0.376. The molecule has 0 aromatic rings. The largest absolute Gasteiger partial charge is 0.342 e. The Bertz CT molecular complexity index is 273. The molecule has 1 aliphatic heterocycles. The molecule has 19 heavy (non-hydrogen) atoms. The fourth-order valence-corrected chi connectivity index (χ4v) is 3.04. The van der Waals surface area contributed by atoms with Crippen molar-refractivity contribution in [2.75, 3.05) is 46.8 Å². The van der Waals surface area contributed by atoms with Gasteiger partial charge in [0, 0.05) is 19.6 Å². The molecule has 0 aromatic heterocycles. The molecule has 1 saturated heterocycles. The molecule has 0 spiro atoms. The second kappa shape index (κ2) is 7.85. The van der Waals surface area contributed by atoms with Gasteiger partial charge in [-0.05, 0) is 53.4 Å². The fourth-order valence-electron chi connectivity index (χ4n) is 3.04. The van der Waals surface area contributed by atoms with Gasteiger partial charge in [-0.15, -0.1) is 0 Å². The number of rotatable bonds is 8. The van der Waals surface area contributed by atoms with E-state index in [0.717, 1.165) is 58.4 Å². The number of nitrogens with one attached hydrogen (secondary N) is 1. The number of carbonyl (C=O) groups is 1. The first-order valence-corrected chi connectivity index (χ1v) is 7.70. The lowest BCUT2D eigenvalue weighted by Crippen LogP contribution is -2.46. The zero-order valence-electron chi connectivity index (χ0n) is 13.2. The van der Waals surface area contributed by atoms with E-state index in [9.17, 15) is 4.79 Å². The van der Waals surface area contributed by atoms with E-state index in [1.165, 1.54) is 0 Å². The summed E-state index contributed by atoms with van der Waals surface area (Å²) in [7, 11) is 4.16. The normalized spacial score (nSPS) is 23.0. The van der Waals surface area contributed by atoms with Crippen molar-refractivity contribution in [3.63, 3.8) is 0 Å². The highest BCUT2D eigenvalue weighted by molar-refractivity contribution is 5.83. The van der Waals surface area contributed by atoms with Crippen molar-refractivity contribution < 1.29 is 4.79 Å². The lowest BCUT2D eigenvalue weighted by molar-refractivity contribution is -0.141. The molecule has 1 fully saturated rings. The second-order valence-electron chi connectivity index (χ2n) is 6.00. The van der Waals surface area contributed by atoms with Gasteiger partial charge in [0.1, 0.15) is 0 Å². The van der Waals surface area contributed by atoms with E-state index in [4.69, 9.17) is 0 Å². The zero-order valence-corrected chi connectivity index (χ0v) is 13.2. The molecule has 112 valence electrons. The van der Waals surface area contributed by atoms with Crippen LogP contribution in [0.4, 0.5) is 0 Å². The Labute approximate surface area is 118 Å². The molecule has 1 amide bonds. The Morgan fingerprint density at radius 1 is 1.26 bits per heavy atom. The van der Waals surface area contributed by atoms with E-state index in [1.54, 1.807) is 0 Å². The van der Waals surface area contributed by atoms with Gasteiger partial charge in [0.25, 0.3) is 0 Å². The van der Waals surface area contributed by atoms with Crippen LogP contribution in [-0.4, -0.2) is 62.5 Å². The molecule has 0 bridgehead atoms. The maximum atomic E-state index is 12.8. The van der Waals surface area contributed by atoms with Gasteiger partial charge in [-0.25, -0.2) is 0 Å². The number of carbonyl (C=O) groups excluding carboxylic acids is 1. The molecule has 1 aliphatic rings. The van der Waals surface area contributed by atoms with Crippen LogP contribution >= 0.6 is 0 Å².